The molecule has 6 heteroatoms. The van der Waals surface area contributed by atoms with Crippen molar-refractivity contribution < 1.29 is 19.4 Å². The van der Waals surface area contributed by atoms with E-state index in [0.717, 1.165) is 0 Å². The van der Waals surface area contributed by atoms with Gasteiger partial charge in [-0.15, -0.1) is 0 Å². The lowest BCUT2D eigenvalue weighted by atomic mass is 10.2. The molecule has 0 saturated heterocycles. The van der Waals surface area contributed by atoms with Gasteiger partial charge in [0.05, 0.1) is 5.52 Å². The molecule has 0 spiro atoms. The fourth-order valence-electron chi connectivity index (χ4n) is 1.79. The SMILES string of the molecule is Nc1cc2c(c3[nH]c(C(=O)O)cc13)OCO2. The summed E-state index contributed by atoms with van der Waals surface area (Å²) in [5, 5.41) is 9.51. The number of carboxylic acid groups (broad SMARTS) is 1. The molecule has 6 nitrogen and oxygen atoms in total. The lowest BCUT2D eigenvalue weighted by Gasteiger charge is -2.00. The Hall–Kier alpha value is -2.37. The maximum Gasteiger partial charge on any atom is 0.352 e. The van der Waals surface area contributed by atoms with Gasteiger partial charge >= 0.3 is 5.97 Å². The van der Waals surface area contributed by atoms with Crippen LogP contribution in [0.1, 0.15) is 10.5 Å². The molecule has 3 rings (SSSR count). The molecule has 0 saturated carbocycles. The fourth-order valence-corrected chi connectivity index (χ4v) is 1.79. The van der Waals surface area contributed by atoms with Crippen LogP contribution in [0.5, 0.6) is 11.5 Å². The van der Waals surface area contributed by atoms with Crippen molar-refractivity contribution in [1.29, 1.82) is 0 Å². The summed E-state index contributed by atoms with van der Waals surface area (Å²) >= 11 is 0. The van der Waals surface area contributed by atoms with Crippen LogP contribution >= 0.6 is 0 Å². The lowest BCUT2D eigenvalue weighted by molar-refractivity contribution is 0.0691. The summed E-state index contributed by atoms with van der Waals surface area (Å²) in [5.41, 5.74) is 6.89. The summed E-state index contributed by atoms with van der Waals surface area (Å²) in [5.74, 6) is 0.00348. The van der Waals surface area contributed by atoms with Gasteiger partial charge in [-0.3, -0.25) is 0 Å². The van der Waals surface area contributed by atoms with E-state index in [0.29, 0.717) is 28.1 Å². The Bertz CT molecular complexity index is 602. The molecule has 2 aromatic rings. The number of anilines is 1. The van der Waals surface area contributed by atoms with Crippen LogP contribution < -0.4 is 15.2 Å². The van der Waals surface area contributed by atoms with E-state index in [1.807, 2.05) is 0 Å². The molecule has 16 heavy (non-hydrogen) atoms. The summed E-state index contributed by atoms with van der Waals surface area (Å²) < 4.78 is 10.4. The van der Waals surface area contributed by atoms with Crippen molar-refractivity contribution in [2.45, 2.75) is 0 Å². The number of nitrogens with two attached hydrogens (primary N) is 1. The number of hydrogen-bond acceptors (Lipinski definition) is 4. The maximum atomic E-state index is 10.8. The lowest BCUT2D eigenvalue weighted by Crippen LogP contribution is -1.95. The highest BCUT2D eigenvalue weighted by Crippen LogP contribution is 2.42. The number of nitrogens with one attached hydrogen (secondary N) is 1. The van der Waals surface area contributed by atoms with Gasteiger partial charge in [0.1, 0.15) is 5.69 Å². The van der Waals surface area contributed by atoms with E-state index in [1.165, 1.54) is 6.07 Å². The molecule has 1 aromatic carbocycles. The van der Waals surface area contributed by atoms with Gasteiger partial charge in [-0.25, -0.2) is 4.79 Å². The average molecular weight is 220 g/mol. The molecule has 82 valence electrons. The van der Waals surface area contributed by atoms with E-state index in [-0.39, 0.29) is 12.5 Å². The van der Waals surface area contributed by atoms with Gasteiger partial charge in [0, 0.05) is 17.1 Å². The van der Waals surface area contributed by atoms with Crippen LogP contribution in [0.2, 0.25) is 0 Å². The summed E-state index contributed by atoms with van der Waals surface area (Å²) in [6.07, 6.45) is 0. The highest BCUT2D eigenvalue weighted by Gasteiger charge is 2.21. The smallest absolute Gasteiger partial charge is 0.352 e. The number of nitrogen functional groups attached to an aromatic ring is 1. The molecule has 0 unspecified atom stereocenters. The fraction of sp³-hybridized carbons (Fsp3) is 0.100. The van der Waals surface area contributed by atoms with Crippen LogP contribution in [0.15, 0.2) is 12.1 Å². The monoisotopic (exact) mass is 220 g/mol. The Morgan fingerprint density at radius 3 is 3.00 bits per heavy atom. The van der Waals surface area contributed by atoms with Crippen LogP contribution in [0, 0.1) is 0 Å². The first kappa shape index (κ1) is 8.90. The minimum absolute atomic E-state index is 0.0746. The van der Waals surface area contributed by atoms with Crippen molar-refractivity contribution in [1.82, 2.24) is 4.98 Å². The van der Waals surface area contributed by atoms with E-state index in [4.69, 9.17) is 20.3 Å². The number of benzene rings is 1. The Labute approximate surface area is 89.6 Å². The first-order valence-corrected chi connectivity index (χ1v) is 4.61. The minimum atomic E-state index is -1.04. The standard InChI is InChI=1S/C10H8N2O4/c11-5-2-7-9(16-3-15-7)8-4(5)1-6(12-8)10(13)14/h1-2,12H,3,11H2,(H,13,14). The average Bonchev–Trinajstić information content (AvgIpc) is 2.80. The molecule has 0 amide bonds. The van der Waals surface area contributed by atoms with Crippen LogP contribution in [0.4, 0.5) is 5.69 Å². The second-order valence-corrected chi connectivity index (χ2v) is 3.48. The Morgan fingerprint density at radius 2 is 2.25 bits per heavy atom. The third-order valence-electron chi connectivity index (χ3n) is 2.51. The first-order valence-electron chi connectivity index (χ1n) is 4.61. The number of aromatic carboxylic acids is 1. The normalized spacial score (nSPS) is 13.2. The van der Waals surface area contributed by atoms with Gasteiger partial charge in [0.15, 0.2) is 11.5 Å². The quantitative estimate of drug-likeness (QED) is 0.627. The number of aromatic amines is 1. The van der Waals surface area contributed by atoms with Crippen LogP contribution in [0.25, 0.3) is 10.9 Å². The van der Waals surface area contributed by atoms with Crippen molar-refractivity contribution in [3.8, 4) is 11.5 Å². The predicted octanol–water partition coefficient (Wildman–Crippen LogP) is 1.18. The van der Waals surface area contributed by atoms with Gasteiger partial charge in [-0.2, -0.15) is 0 Å². The predicted molar refractivity (Wildman–Crippen MR) is 55.8 cm³/mol. The summed E-state index contributed by atoms with van der Waals surface area (Å²) in [7, 11) is 0. The number of rotatable bonds is 1. The van der Waals surface area contributed by atoms with Crippen molar-refractivity contribution >= 4 is 22.6 Å². The second-order valence-electron chi connectivity index (χ2n) is 3.48. The molecule has 4 N–H and O–H groups in total. The molecular weight excluding hydrogens is 212 g/mol. The molecular formula is C10H8N2O4. The zero-order chi connectivity index (χ0) is 11.3. The largest absolute Gasteiger partial charge is 0.477 e. The third kappa shape index (κ3) is 1.04. The highest BCUT2D eigenvalue weighted by atomic mass is 16.7. The van der Waals surface area contributed by atoms with Gasteiger partial charge in [-0.1, -0.05) is 0 Å². The molecule has 0 aliphatic carbocycles. The topological polar surface area (TPSA) is 97.6 Å². The number of H-pyrrole nitrogens is 1. The highest BCUT2D eigenvalue weighted by molar-refractivity contribution is 6.02. The van der Waals surface area contributed by atoms with Crippen LogP contribution in [-0.4, -0.2) is 22.9 Å². The van der Waals surface area contributed by atoms with Crippen molar-refractivity contribution in [2.24, 2.45) is 0 Å². The summed E-state index contributed by atoms with van der Waals surface area (Å²) in [6.45, 7) is 0.120. The number of ether oxygens (including phenoxy) is 2. The van der Waals surface area contributed by atoms with E-state index in [2.05, 4.69) is 4.98 Å². The maximum absolute atomic E-state index is 10.8. The third-order valence-corrected chi connectivity index (χ3v) is 2.51. The zero-order valence-electron chi connectivity index (χ0n) is 8.11. The van der Waals surface area contributed by atoms with E-state index >= 15 is 0 Å². The van der Waals surface area contributed by atoms with E-state index < -0.39 is 5.97 Å². The Morgan fingerprint density at radius 1 is 1.44 bits per heavy atom. The first-order chi connectivity index (χ1) is 7.66. The number of carboxylic acids is 1. The molecule has 0 bridgehead atoms. The number of fused-ring (bicyclic) bond motifs is 3. The van der Waals surface area contributed by atoms with E-state index in [9.17, 15) is 4.79 Å². The molecule has 0 atom stereocenters. The van der Waals surface area contributed by atoms with Gasteiger partial charge in [0.2, 0.25) is 6.79 Å². The second kappa shape index (κ2) is 2.82. The molecule has 2 heterocycles. The molecule has 1 aliphatic heterocycles. The van der Waals surface area contributed by atoms with Crippen molar-refractivity contribution in [2.75, 3.05) is 12.5 Å². The Balaban J connectivity index is 2.37. The summed E-state index contributed by atoms with van der Waals surface area (Å²) in [6, 6.07) is 3.11. The number of carbonyl (C=O) groups is 1. The number of aromatic nitrogens is 1. The molecule has 0 radical (unpaired) electrons. The van der Waals surface area contributed by atoms with Crippen LogP contribution in [0.3, 0.4) is 0 Å². The molecule has 1 aromatic heterocycles. The van der Waals surface area contributed by atoms with E-state index in [1.54, 1.807) is 6.07 Å². The molecule has 0 fully saturated rings. The van der Waals surface area contributed by atoms with Crippen molar-refractivity contribution in [3.05, 3.63) is 17.8 Å². The number of hydrogen-bond donors (Lipinski definition) is 3. The Kier molecular flexibility index (Phi) is 1.57. The van der Waals surface area contributed by atoms with Gasteiger partial charge < -0.3 is 25.3 Å². The summed E-state index contributed by atoms with van der Waals surface area (Å²) in [4.78, 5) is 13.6. The minimum Gasteiger partial charge on any atom is -0.477 e. The van der Waals surface area contributed by atoms with Gasteiger partial charge in [-0.05, 0) is 6.07 Å². The molecule has 1 aliphatic rings. The van der Waals surface area contributed by atoms with Gasteiger partial charge in [0.25, 0.3) is 0 Å². The zero-order valence-corrected chi connectivity index (χ0v) is 8.11. The van der Waals surface area contributed by atoms with Crippen molar-refractivity contribution in [3.63, 3.8) is 0 Å². The van der Waals surface area contributed by atoms with Crippen LogP contribution in [-0.2, 0) is 0 Å².